The first-order chi connectivity index (χ1) is 15.6. The van der Waals surface area contributed by atoms with Crippen molar-refractivity contribution in [3.05, 3.63) is 95.6 Å². The highest BCUT2D eigenvalue weighted by Gasteiger charge is 2.31. The molecule has 1 amide bonds. The van der Waals surface area contributed by atoms with Gasteiger partial charge < -0.3 is 14.4 Å². The van der Waals surface area contributed by atoms with Crippen molar-refractivity contribution in [3.63, 3.8) is 0 Å². The van der Waals surface area contributed by atoms with E-state index < -0.39 is 0 Å². The minimum atomic E-state index is -0.323. The molecule has 5 nitrogen and oxygen atoms in total. The standard InChI is InChI=1S/C26H25FN2O3/c1-31-24-9-5-21(16-25(24)32-18-20-11-13-28-14-12-20)17-29(23-7-8-23)26(30)10-6-19-3-2-4-22(27)15-19/h2-6,9-16,23H,7-8,17-18H2,1H3. The summed E-state index contributed by atoms with van der Waals surface area (Å²) in [5.41, 5.74) is 2.62. The second-order valence-electron chi connectivity index (χ2n) is 7.72. The molecule has 0 atom stereocenters. The molecule has 6 heteroatoms. The maximum Gasteiger partial charge on any atom is 0.247 e. The summed E-state index contributed by atoms with van der Waals surface area (Å²) in [5.74, 6) is 0.849. The van der Waals surface area contributed by atoms with Gasteiger partial charge in [-0.3, -0.25) is 9.78 Å². The number of nitrogens with zero attached hydrogens (tertiary/aromatic N) is 2. The van der Waals surface area contributed by atoms with Crippen LogP contribution in [0.1, 0.15) is 29.5 Å². The lowest BCUT2D eigenvalue weighted by Crippen LogP contribution is -2.31. The zero-order chi connectivity index (χ0) is 22.3. The van der Waals surface area contributed by atoms with E-state index in [9.17, 15) is 9.18 Å². The molecule has 1 heterocycles. The summed E-state index contributed by atoms with van der Waals surface area (Å²) < 4.78 is 24.8. The molecule has 0 saturated heterocycles. The first-order valence-electron chi connectivity index (χ1n) is 10.6. The molecule has 4 rings (SSSR count). The molecule has 0 N–H and O–H groups in total. The Bertz CT molecular complexity index is 1100. The van der Waals surface area contributed by atoms with E-state index in [1.807, 2.05) is 35.2 Å². The maximum atomic E-state index is 13.4. The third-order valence-electron chi connectivity index (χ3n) is 5.26. The number of hydrogen-bond acceptors (Lipinski definition) is 4. The molecule has 3 aromatic rings. The van der Waals surface area contributed by atoms with E-state index in [1.165, 1.54) is 18.2 Å². The van der Waals surface area contributed by atoms with Gasteiger partial charge in [-0.2, -0.15) is 0 Å². The zero-order valence-electron chi connectivity index (χ0n) is 17.9. The number of aromatic nitrogens is 1. The topological polar surface area (TPSA) is 51.7 Å². The highest BCUT2D eigenvalue weighted by Crippen LogP contribution is 2.32. The molecule has 1 aliphatic rings. The summed E-state index contributed by atoms with van der Waals surface area (Å²) >= 11 is 0. The van der Waals surface area contributed by atoms with Crippen LogP contribution in [-0.4, -0.2) is 28.9 Å². The van der Waals surface area contributed by atoms with Crippen molar-refractivity contribution >= 4 is 12.0 Å². The van der Waals surface area contributed by atoms with Crippen LogP contribution in [0.4, 0.5) is 4.39 Å². The SMILES string of the molecule is COc1ccc(CN(C(=O)C=Cc2cccc(F)c2)C2CC2)cc1OCc1ccncc1. The van der Waals surface area contributed by atoms with Crippen LogP contribution in [-0.2, 0) is 17.9 Å². The number of benzene rings is 2. The van der Waals surface area contributed by atoms with Crippen molar-refractivity contribution in [2.24, 2.45) is 0 Å². The summed E-state index contributed by atoms with van der Waals surface area (Å²) in [6.45, 7) is 0.858. The number of pyridine rings is 1. The third-order valence-corrected chi connectivity index (χ3v) is 5.26. The molecule has 0 aliphatic heterocycles. The van der Waals surface area contributed by atoms with Crippen molar-refractivity contribution in [3.8, 4) is 11.5 Å². The summed E-state index contributed by atoms with van der Waals surface area (Å²) in [4.78, 5) is 18.8. The second kappa shape index (κ2) is 10.1. The van der Waals surface area contributed by atoms with Crippen LogP contribution in [0, 0.1) is 5.82 Å². The van der Waals surface area contributed by atoms with Crippen LogP contribution >= 0.6 is 0 Å². The molecule has 2 aromatic carbocycles. The molecule has 32 heavy (non-hydrogen) atoms. The summed E-state index contributed by atoms with van der Waals surface area (Å²) in [7, 11) is 1.60. The van der Waals surface area contributed by atoms with Crippen LogP contribution in [0.3, 0.4) is 0 Å². The summed E-state index contributed by atoms with van der Waals surface area (Å²) in [6.07, 6.45) is 8.59. The van der Waals surface area contributed by atoms with Crippen molar-refractivity contribution in [2.75, 3.05) is 7.11 Å². The van der Waals surface area contributed by atoms with Gasteiger partial charge in [0, 0.05) is 31.1 Å². The molecule has 1 saturated carbocycles. The van der Waals surface area contributed by atoms with Gasteiger partial charge in [0.15, 0.2) is 11.5 Å². The van der Waals surface area contributed by atoms with Gasteiger partial charge in [0.2, 0.25) is 5.91 Å². The Morgan fingerprint density at radius 1 is 1.09 bits per heavy atom. The van der Waals surface area contributed by atoms with E-state index in [2.05, 4.69) is 4.98 Å². The van der Waals surface area contributed by atoms with Gasteiger partial charge in [-0.25, -0.2) is 4.39 Å². The Morgan fingerprint density at radius 2 is 1.91 bits per heavy atom. The lowest BCUT2D eigenvalue weighted by Gasteiger charge is -2.22. The molecule has 0 spiro atoms. The Kier molecular flexibility index (Phi) is 6.80. The van der Waals surface area contributed by atoms with Crippen molar-refractivity contribution in [1.82, 2.24) is 9.88 Å². The minimum absolute atomic E-state index is 0.0909. The van der Waals surface area contributed by atoms with Gasteiger partial charge in [-0.1, -0.05) is 18.2 Å². The molecular formula is C26H25FN2O3. The quantitative estimate of drug-likeness (QED) is 0.446. The van der Waals surface area contributed by atoms with Crippen LogP contribution in [0.5, 0.6) is 11.5 Å². The van der Waals surface area contributed by atoms with Gasteiger partial charge in [0.1, 0.15) is 12.4 Å². The fourth-order valence-electron chi connectivity index (χ4n) is 3.42. The van der Waals surface area contributed by atoms with Crippen LogP contribution < -0.4 is 9.47 Å². The average molecular weight is 432 g/mol. The van der Waals surface area contributed by atoms with Crippen LogP contribution in [0.25, 0.3) is 6.08 Å². The van der Waals surface area contributed by atoms with E-state index in [0.29, 0.717) is 30.2 Å². The van der Waals surface area contributed by atoms with Gasteiger partial charge in [-0.15, -0.1) is 0 Å². The van der Waals surface area contributed by atoms with E-state index in [-0.39, 0.29) is 17.8 Å². The number of rotatable bonds is 9. The number of halogens is 1. The minimum Gasteiger partial charge on any atom is -0.493 e. The molecular weight excluding hydrogens is 407 g/mol. The third kappa shape index (κ3) is 5.72. The predicted octanol–water partition coefficient (Wildman–Crippen LogP) is 5.01. The van der Waals surface area contributed by atoms with E-state index >= 15 is 0 Å². The van der Waals surface area contributed by atoms with Crippen LogP contribution in [0.2, 0.25) is 0 Å². The normalized spacial score (nSPS) is 13.2. The number of hydrogen-bond donors (Lipinski definition) is 0. The van der Waals surface area contributed by atoms with E-state index in [4.69, 9.17) is 9.47 Å². The number of ether oxygens (including phenoxy) is 2. The molecule has 1 aliphatic carbocycles. The number of methoxy groups -OCH3 is 1. The Labute approximate surface area is 187 Å². The monoisotopic (exact) mass is 432 g/mol. The molecule has 0 unspecified atom stereocenters. The first-order valence-corrected chi connectivity index (χ1v) is 10.6. The van der Waals surface area contributed by atoms with E-state index in [0.717, 1.165) is 24.0 Å². The second-order valence-corrected chi connectivity index (χ2v) is 7.72. The van der Waals surface area contributed by atoms with Crippen molar-refractivity contribution in [1.29, 1.82) is 0 Å². The van der Waals surface area contributed by atoms with Gasteiger partial charge in [0.05, 0.1) is 7.11 Å². The van der Waals surface area contributed by atoms with Crippen LogP contribution in [0.15, 0.2) is 73.1 Å². The smallest absolute Gasteiger partial charge is 0.247 e. The Morgan fingerprint density at radius 3 is 2.62 bits per heavy atom. The van der Waals surface area contributed by atoms with Gasteiger partial charge >= 0.3 is 0 Å². The summed E-state index contributed by atoms with van der Waals surface area (Å²) in [6, 6.07) is 15.9. The Balaban J connectivity index is 1.47. The Hall–Kier alpha value is -3.67. The van der Waals surface area contributed by atoms with Crippen molar-refractivity contribution in [2.45, 2.75) is 32.0 Å². The van der Waals surface area contributed by atoms with E-state index in [1.54, 1.807) is 37.7 Å². The highest BCUT2D eigenvalue weighted by molar-refractivity contribution is 5.92. The van der Waals surface area contributed by atoms with Gasteiger partial charge in [0.25, 0.3) is 0 Å². The number of carbonyl (C=O) groups is 1. The number of amides is 1. The fraction of sp³-hybridized carbons (Fsp3) is 0.231. The number of carbonyl (C=O) groups excluding carboxylic acids is 1. The molecule has 1 fully saturated rings. The van der Waals surface area contributed by atoms with Gasteiger partial charge in [-0.05, 0) is 72.0 Å². The molecule has 0 bridgehead atoms. The maximum absolute atomic E-state index is 13.4. The largest absolute Gasteiger partial charge is 0.493 e. The average Bonchev–Trinajstić information content (AvgIpc) is 3.66. The molecule has 1 aromatic heterocycles. The first kappa shape index (κ1) is 21.6. The predicted molar refractivity (Wildman–Crippen MR) is 121 cm³/mol. The molecule has 164 valence electrons. The zero-order valence-corrected chi connectivity index (χ0v) is 17.9. The lowest BCUT2D eigenvalue weighted by molar-refractivity contribution is -0.127. The highest BCUT2D eigenvalue weighted by atomic mass is 19.1. The summed E-state index contributed by atoms with van der Waals surface area (Å²) in [5, 5.41) is 0. The lowest BCUT2D eigenvalue weighted by atomic mass is 10.1. The fourth-order valence-corrected chi connectivity index (χ4v) is 3.42. The molecule has 0 radical (unpaired) electrons. The van der Waals surface area contributed by atoms with Crippen molar-refractivity contribution < 1.29 is 18.7 Å².